The van der Waals surface area contributed by atoms with Gasteiger partial charge in [-0.2, -0.15) is 9.97 Å². The predicted octanol–water partition coefficient (Wildman–Crippen LogP) is 5.04. The first-order valence-corrected chi connectivity index (χ1v) is 12.8. The van der Waals surface area contributed by atoms with Crippen LogP contribution in [0.3, 0.4) is 0 Å². The lowest BCUT2D eigenvalue weighted by atomic mass is 9.74. The summed E-state index contributed by atoms with van der Waals surface area (Å²) in [6.07, 6.45) is 3.92. The third-order valence-electron chi connectivity index (χ3n) is 6.80. The second-order valence-electron chi connectivity index (χ2n) is 9.20. The zero-order valence-corrected chi connectivity index (χ0v) is 20.9. The van der Waals surface area contributed by atoms with Gasteiger partial charge >= 0.3 is 0 Å². The zero-order chi connectivity index (χ0) is 24.8. The van der Waals surface area contributed by atoms with E-state index in [0.717, 1.165) is 50.2 Å². The van der Waals surface area contributed by atoms with Gasteiger partial charge in [-0.15, -0.1) is 0 Å². The molecule has 0 spiro atoms. The normalized spacial score (nSPS) is 17.0. The molecular formula is C27H30FN5O2S. The van der Waals surface area contributed by atoms with Crippen LogP contribution in [0.2, 0.25) is 0 Å². The number of benzene rings is 2. The molecule has 2 N–H and O–H groups in total. The molecule has 188 valence electrons. The fraction of sp³-hybridized carbons (Fsp3) is 0.370. The number of nitrogens with one attached hydrogen (secondary N) is 2. The summed E-state index contributed by atoms with van der Waals surface area (Å²) < 4.78 is 25.2. The number of nitrogens with zero attached hydrogens (tertiary/aromatic N) is 3. The van der Waals surface area contributed by atoms with Crippen LogP contribution in [-0.2, 0) is 10.2 Å². The Kier molecular flexibility index (Phi) is 7.58. The van der Waals surface area contributed by atoms with Crippen LogP contribution in [0.4, 0.5) is 16.2 Å². The quantitative estimate of drug-likeness (QED) is 0.431. The van der Waals surface area contributed by atoms with Crippen LogP contribution in [0.25, 0.3) is 0 Å². The molecule has 9 heteroatoms. The Hall–Kier alpha value is -3.30. The van der Waals surface area contributed by atoms with Gasteiger partial charge in [-0.05, 0) is 67.7 Å². The van der Waals surface area contributed by atoms with Crippen molar-refractivity contribution in [2.45, 2.75) is 31.1 Å². The number of ether oxygens (including phenoxy) is 2. The maximum absolute atomic E-state index is 13.6. The van der Waals surface area contributed by atoms with Gasteiger partial charge in [0.25, 0.3) is 0 Å². The number of aromatic nitrogens is 2. The lowest BCUT2D eigenvalue weighted by molar-refractivity contribution is 0.0515. The molecule has 36 heavy (non-hydrogen) atoms. The number of anilines is 2. The van der Waals surface area contributed by atoms with Gasteiger partial charge in [-0.3, -0.25) is 0 Å². The fourth-order valence-electron chi connectivity index (χ4n) is 4.77. The number of halogens is 1. The van der Waals surface area contributed by atoms with E-state index in [1.54, 1.807) is 0 Å². The third kappa shape index (κ3) is 5.91. The Morgan fingerprint density at radius 1 is 1.03 bits per heavy atom. The standard InChI is InChI=1S/C27H30FN5O2S/c28-21-10-8-20(9-11-21)27(12-16-34-17-13-27)19-29-26(36)32-25-30-23(33-14-4-5-15-33)18-24(31-25)35-22-6-2-1-3-7-22/h1-3,6-11,18H,4-5,12-17,19H2,(H2,29,30,31,32,36). The Labute approximate surface area is 216 Å². The summed E-state index contributed by atoms with van der Waals surface area (Å²) in [5.74, 6) is 2.11. The molecule has 7 nitrogen and oxygen atoms in total. The first kappa shape index (κ1) is 24.4. The maximum atomic E-state index is 13.6. The van der Waals surface area contributed by atoms with Crippen LogP contribution >= 0.6 is 12.2 Å². The van der Waals surface area contributed by atoms with E-state index >= 15 is 0 Å². The van der Waals surface area contributed by atoms with Crippen LogP contribution < -0.4 is 20.3 Å². The SMILES string of the molecule is Fc1ccc(C2(CNC(=S)Nc3nc(Oc4ccccc4)cc(N4CCCC4)n3)CCOCC2)cc1. The molecule has 2 aliphatic rings. The van der Waals surface area contributed by atoms with Crippen molar-refractivity contribution in [3.8, 4) is 11.6 Å². The summed E-state index contributed by atoms with van der Waals surface area (Å²) in [5.41, 5.74) is 0.880. The predicted molar refractivity (Wildman–Crippen MR) is 142 cm³/mol. The summed E-state index contributed by atoms with van der Waals surface area (Å²) in [6.45, 7) is 3.80. The third-order valence-corrected chi connectivity index (χ3v) is 7.05. The molecule has 0 saturated carbocycles. The van der Waals surface area contributed by atoms with Crippen molar-refractivity contribution in [3.05, 3.63) is 72.0 Å². The highest BCUT2D eigenvalue weighted by atomic mass is 32.1. The molecule has 2 aromatic carbocycles. The van der Waals surface area contributed by atoms with Crippen molar-refractivity contribution in [2.24, 2.45) is 0 Å². The average molecular weight is 508 g/mol. The molecule has 3 aromatic rings. The van der Waals surface area contributed by atoms with E-state index in [4.69, 9.17) is 26.7 Å². The molecule has 5 rings (SSSR count). The highest BCUT2D eigenvalue weighted by molar-refractivity contribution is 7.80. The minimum absolute atomic E-state index is 0.197. The summed E-state index contributed by atoms with van der Waals surface area (Å²) in [7, 11) is 0. The molecule has 0 bridgehead atoms. The van der Waals surface area contributed by atoms with Gasteiger partial charge in [0.1, 0.15) is 17.4 Å². The van der Waals surface area contributed by atoms with E-state index in [1.807, 2.05) is 48.5 Å². The van der Waals surface area contributed by atoms with Crippen LogP contribution in [-0.4, -0.2) is 47.9 Å². The van der Waals surface area contributed by atoms with Gasteiger partial charge in [-0.25, -0.2) is 4.39 Å². The Morgan fingerprint density at radius 2 is 1.75 bits per heavy atom. The van der Waals surface area contributed by atoms with E-state index in [-0.39, 0.29) is 11.2 Å². The minimum Gasteiger partial charge on any atom is -0.439 e. The Morgan fingerprint density at radius 3 is 2.47 bits per heavy atom. The van der Waals surface area contributed by atoms with Crippen LogP contribution in [0.1, 0.15) is 31.2 Å². The highest BCUT2D eigenvalue weighted by Crippen LogP contribution is 2.34. The van der Waals surface area contributed by atoms with Crippen molar-refractivity contribution in [2.75, 3.05) is 43.1 Å². The first-order valence-electron chi connectivity index (χ1n) is 12.4. The van der Waals surface area contributed by atoms with E-state index in [0.29, 0.717) is 42.4 Å². The van der Waals surface area contributed by atoms with E-state index in [9.17, 15) is 4.39 Å². The maximum Gasteiger partial charge on any atom is 0.234 e. The Bertz CT molecular complexity index is 1170. The van der Waals surface area contributed by atoms with Crippen molar-refractivity contribution >= 4 is 29.1 Å². The summed E-state index contributed by atoms with van der Waals surface area (Å²) in [4.78, 5) is 11.5. The molecular weight excluding hydrogens is 477 g/mol. The second kappa shape index (κ2) is 11.2. The average Bonchev–Trinajstić information content (AvgIpc) is 3.44. The van der Waals surface area contributed by atoms with Crippen molar-refractivity contribution in [1.82, 2.24) is 15.3 Å². The molecule has 2 fully saturated rings. The van der Waals surface area contributed by atoms with Gasteiger partial charge in [0.15, 0.2) is 5.11 Å². The zero-order valence-electron chi connectivity index (χ0n) is 20.1. The molecule has 0 atom stereocenters. The summed E-state index contributed by atoms with van der Waals surface area (Å²) in [5, 5.41) is 6.92. The number of thiocarbonyl (C=S) groups is 1. The second-order valence-corrected chi connectivity index (χ2v) is 9.61. The summed E-state index contributed by atoms with van der Waals surface area (Å²) >= 11 is 5.63. The van der Waals surface area contributed by atoms with Gasteiger partial charge in [0.05, 0.1) is 0 Å². The summed E-state index contributed by atoms with van der Waals surface area (Å²) in [6, 6.07) is 18.2. The number of rotatable bonds is 7. The van der Waals surface area contributed by atoms with Crippen LogP contribution in [0, 0.1) is 5.82 Å². The molecule has 0 aliphatic carbocycles. The lowest BCUT2D eigenvalue weighted by Gasteiger charge is -2.38. The molecule has 0 radical (unpaired) electrons. The van der Waals surface area contributed by atoms with Crippen molar-refractivity contribution in [3.63, 3.8) is 0 Å². The van der Waals surface area contributed by atoms with Crippen LogP contribution in [0.15, 0.2) is 60.7 Å². The number of hydrogen-bond acceptors (Lipinski definition) is 6. The number of hydrogen-bond donors (Lipinski definition) is 2. The molecule has 2 saturated heterocycles. The van der Waals surface area contributed by atoms with Gasteiger partial charge in [0.2, 0.25) is 11.8 Å². The topological polar surface area (TPSA) is 71.5 Å². The molecule has 1 aromatic heterocycles. The molecule has 0 amide bonds. The van der Waals surface area contributed by atoms with Gasteiger partial charge in [0, 0.05) is 44.3 Å². The van der Waals surface area contributed by atoms with Gasteiger partial charge < -0.3 is 25.0 Å². The first-order chi connectivity index (χ1) is 17.6. The van der Waals surface area contributed by atoms with E-state index in [1.165, 1.54) is 12.1 Å². The molecule has 3 heterocycles. The van der Waals surface area contributed by atoms with Crippen molar-refractivity contribution < 1.29 is 13.9 Å². The van der Waals surface area contributed by atoms with Crippen molar-refractivity contribution in [1.29, 1.82) is 0 Å². The van der Waals surface area contributed by atoms with Crippen LogP contribution in [0.5, 0.6) is 11.6 Å². The van der Waals surface area contributed by atoms with E-state index in [2.05, 4.69) is 20.5 Å². The highest BCUT2D eigenvalue weighted by Gasteiger charge is 2.34. The monoisotopic (exact) mass is 507 g/mol. The van der Waals surface area contributed by atoms with E-state index < -0.39 is 0 Å². The molecule has 0 unspecified atom stereocenters. The Balaban J connectivity index is 1.31. The minimum atomic E-state index is -0.241. The largest absolute Gasteiger partial charge is 0.439 e. The smallest absolute Gasteiger partial charge is 0.234 e. The number of para-hydroxylation sites is 1. The van der Waals surface area contributed by atoms with Gasteiger partial charge in [-0.1, -0.05) is 30.3 Å². The lowest BCUT2D eigenvalue weighted by Crippen LogP contribution is -2.45. The molecule has 2 aliphatic heterocycles. The fourth-order valence-corrected chi connectivity index (χ4v) is 4.93.